The number of aliphatic hydroxyl groups is 3. The van der Waals surface area contributed by atoms with Crippen molar-refractivity contribution < 1.29 is 39.1 Å². The number of methoxy groups -OCH3 is 1. The number of rotatable bonds is 6. The number of nitrogens with one attached hydrogen (secondary N) is 1. The highest BCUT2D eigenvalue weighted by Gasteiger charge is 2.45. The summed E-state index contributed by atoms with van der Waals surface area (Å²) in [6, 6.07) is 14.4. The summed E-state index contributed by atoms with van der Waals surface area (Å²) in [7, 11) is 1.27. The van der Waals surface area contributed by atoms with E-state index in [-0.39, 0.29) is 18.2 Å². The van der Waals surface area contributed by atoms with Gasteiger partial charge in [-0.2, -0.15) is 0 Å². The monoisotopic (exact) mass is 417 g/mol. The van der Waals surface area contributed by atoms with Gasteiger partial charge >= 0.3 is 5.97 Å². The Morgan fingerprint density at radius 1 is 0.933 bits per heavy atom. The summed E-state index contributed by atoms with van der Waals surface area (Å²) in [5.74, 6) is -0.617. The third kappa shape index (κ3) is 4.95. The van der Waals surface area contributed by atoms with Crippen molar-refractivity contribution in [1.29, 1.82) is 0 Å². The molecule has 9 nitrogen and oxygen atoms in total. The van der Waals surface area contributed by atoms with E-state index in [9.17, 15) is 24.9 Å². The lowest BCUT2D eigenvalue weighted by Gasteiger charge is -2.40. The van der Waals surface area contributed by atoms with Gasteiger partial charge in [0.25, 0.3) is 5.91 Å². The molecule has 1 heterocycles. The first-order valence-corrected chi connectivity index (χ1v) is 9.28. The van der Waals surface area contributed by atoms with E-state index < -0.39 is 36.7 Å². The first-order chi connectivity index (χ1) is 14.4. The number of aliphatic hydroxyl groups excluding tert-OH is 3. The molecule has 2 aromatic carbocycles. The molecule has 0 saturated carbocycles. The van der Waals surface area contributed by atoms with Gasteiger partial charge in [-0.15, -0.1) is 0 Å². The molecular formula is C21H23NO8. The first kappa shape index (κ1) is 21.7. The van der Waals surface area contributed by atoms with Crippen LogP contribution in [0.1, 0.15) is 20.7 Å². The van der Waals surface area contributed by atoms with E-state index in [1.165, 1.54) is 31.4 Å². The van der Waals surface area contributed by atoms with Crippen LogP contribution in [-0.4, -0.2) is 71.6 Å². The third-order valence-corrected chi connectivity index (χ3v) is 4.70. The fourth-order valence-corrected chi connectivity index (χ4v) is 2.99. The molecule has 5 atom stereocenters. The number of benzene rings is 2. The minimum absolute atomic E-state index is 0.111. The SMILES string of the molecule is COC(=O)c1ccc(OC2O[C@H](CNC(=O)c3ccccc3)[C@@H](O)[C@H](O)[C@@H]2O)cc1. The van der Waals surface area contributed by atoms with Crippen LogP contribution < -0.4 is 10.1 Å². The zero-order chi connectivity index (χ0) is 21.7. The lowest BCUT2D eigenvalue weighted by molar-refractivity contribution is -0.270. The third-order valence-electron chi connectivity index (χ3n) is 4.70. The minimum atomic E-state index is -1.54. The standard InChI is InChI=1S/C21H23NO8/c1-28-20(27)13-7-9-14(10-8-13)29-21-18(25)17(24)16(23)15(30-21)11-22-19(26)12-5-3-2-4-6-12/h2-10,15-18,21,23-25H,11H2,1H3,(H,22,26)/t15-,16-,17+,18+,21?/m1/s1. The summed E-state index contributed by atoms with van der Waals surface area (Å²) in [5, 5.41) is 33.2. The Labute approximate surface area is 172 Å². The summed E-state index contributed by atoms with van der Waals surface area (Å²) in [6.45, 7) is -0.111. The van der Waals surface area contributed by atoms with Crippen molar-refractivity contribution in [2.24, 2.45) is 0 Å². The lowest BCUT2D eigenvalue weighted by atomic mass is 9.98. The molecule has 0 radical (unpaired) electrons. The Bertz CT molecular complexity index is 857. The molecule has 2 aromatic rings. The van der Waals surface area contributed by atoms with E-state index in [0.29, 0.717) is 11.1 Å². The molecule has 1 aliphatic rings. The maximum atomic E-state index is 12.2. The average molecular weight is 417 g/mol. The predicted octanol–water partition coefficient (Wildman–Crippen LogP) is 0.0896. The van der Waals surface area contributed by atoms with Gasteiger partial charge in [-0.25, -0.2) is 4.79 Å². The zero-order valence-electron chi connectivity index (χ0n) is 16.2. The Morgan fingerprint density at radius 3 is 2.23 bits per heavy atom. The van der Waals surface area contributed by atoms with Crippen molar-refractivity contribution in [3.05, 3.63) is 65.7 Å². The molecule has 0 spiro atoms. The fraction of sp³-hybridized carbons (Fsp3) is 0.333. The highest BCUT2D eigenvalue weighted by atomic mass is 16.7. The molecule has 3 rings (SSSR count). The first-order valence-electron chi connectivity index (χ1n) is 9.28. The second-order valence-electron chi connectivity index (χ2n) is 6.72. The van der Waals surface area contributed by atoms with E-state index in [1.54, 1.807) is 30.3 Å². The quantitative estimate of drug-likeness (QED) is 0.486. The van der Waals surface area contributed by atoms with Crippen LogP contribution in [0.3, 0.4) is 0 Å². The Balaban J connectivity index is 1.64. The molecule has 1 unspecified atom stereocenters. The van der Waals surface area contributed by atoms with Gasteiger partial charge in [-0.3, -0.25) is 4.79 Å². The average Bonchev–Trinajstić information content (AvgIpc) is 2.79. The number of carbonyl (C=O) groups is 2. The number of amides is 1. The molecule has 1 amide bonds. The number of esters is 1. The second kappa shape index (κ2) is 9.68. The van der Waals surface area contributed by atoms with Crippen LogP contribution in [0.4, 0.5) is 0 Å². The van der Waals surface area contributed by atoms with Gasteiger partial charge < -0.3 is 34.8 Å². The maximum Gasteiger partial charge on any atom is 0.337 e. The molecule has 1 saturated heterocycles. The lowest BCUT2D eigenvalue weighted by Crippen LogP contribution is -2.61. The summed E-state index contributed by atoms with van der Waals surface area (Å²) in [4.78, 5) is 23.7. The van der Waals surface area contributed by atoms with Gasteiger partial charge in [-0.1, -0.05) is 18.2 Å². The molecular weight excluding hydrogens is 394 g/mol. The number of ether oxygens (including phenoxy) is 3. The Morgan fingerprint density at radius 2 is 1.60 bits per heavy atom. The van der Waals surface area contributed by atoms with Crippen LogP contribution in [0.5, 0.6) is 5.75 Å². The van der Waals surface area contributed by atoms with E-state index in [1.807, 2.05) is 0 Å². The fourth-order valence-electron chi connectivity index (χ4n) is 2.99. The molecule has 0 aromatic heterocycles. The van der Waals surface area contributed by atoms with Gasteiger partial charge in [0.15, 0.2) is 0 Å². The summed E-state index contributed by atoms with van der Waals surface area (Å²) >= 11 is 0. The normalized spacial score (nSPS) is 25.9. The van der Waals surface area contributed by atoms with Crippen molar-refractivity contribution in [3.63, 3.8) is 0 Å². The predicted molar refractivity (Wildman–Crippen MR) is 104 cm³/mol. The van der Waals surface area contributed by atoms with Crippen molar-refractivity contribution in [2.45, 2.75) is 30.7 Å². The second-order valence-corrected chi connectivity index (χ2v) is 6.72. The van der Waals surface area contributed by atoms with E-state index in [2.05, 4.69) is 10.1 Å². The molecule has 160 valence electrons. The number of hydrogen-bond acceptors (Lipinski definition) is 8. The van der Waals surface area contributed by atoms with Crippen LogP contribution in [0.25, 0.3) is 0 Å². The maximum absolute atomic E-state index is 12.2. The minimum Gasteiger partial charge on any atom is -0.465 e. The summed E-state index contributed by atoms with van der Waals surface area (Å²) in [6.07, 6.45) is -6.82. The molecule has 9 heteroatoms. The van der Waals surface area contributed by atoms with Crippen molar-refractivity contribution in [3.8, 4) is 5.75 Å². The molecule has 30 heavy (non-hydrogen) atoms. The number of carbonyl (C=O) groups excluding carboxylic acids is 2. The van der Waals surface area contributed by atoms with Gasteiger partial charge in [0.05, 0.1) is 12.7 Å². The highest BCUT2D eigenvalue weighted by molar-refractivity contribution is 5.94. The molecule has 0 bridgehead atoms. The van der Waals surface area contributed by atoms with Gasteiger partial charge in [0, 0.05) is 12.1 Å². The van der Waals surface area contributed by atoms with Gasteiger partial charge in [0.2, 0.25) is 6.29 Å². The van der Waals surface area contributed by atoms with Crippen LogP contribution in [0, 0.1) is 0 Å². The summed E-state index contributed by atoms with van der Waals surface area (Å²) in [5.41, 5.74) is 0.744. The smallest absolute Gasteiger partial charge is 0.337 e. The Kier molecular flexibility index (Phi) is 7.01. The van der Waals surface area contributed by atoms with E-state index in [4.69, 9.17) is 9.47 Å². The van der Waals surface area contributed by atoms with E-state index >= 15 is 0 Å². The number of hydrogen-bond donors (Lipinski definition) is 4. The molecule has 1 aliphatic heterocycles. The molecule has 0 aliphatic carbocycles. The van der Waals surface area contributed by atoms with Gasteiger partial charge in [0.1, 0.15) is 30.2 Å². The van der Waals surface area contributed by atoms with Gasteiger partial charge in [-0.05, 0) is 36.4 Å². The summed E-state index contributed by atoms with van der Waals surface area (Å²) < 4.78 is 15.8. The van der Waals surface area contributed by atoms with Crippen LogP contribution in [0.15, 0.2) is 54.6 Å². The van der Waals surface area contributed by atoms with Crippen LogP contribution in [-0.2, 0) is 9.47 Å². The van der Waals surface area contributed by atoms with Crippen LogP contribution >= 0.6 is 0 Å². The Hall–Kier alpha value is -2.98. The van der Waals surface area contributed by atoms with Crippen molar-refractivity contribution in [1.82, 2.24) is 5.32 Å². The van der Waals surface area contributed by atoms with Crippen LogP contribution in [0.2, 0.25) is 0 Å². The topological polar surface area (TPSA) is 135 Å². The highest BCUT2D eigenvalue weighted by Crippen LogP contribution is 2.24. The zero-order valence-corrected chi connectivity index (χ0v) is 16.2. The molecule has 1 fully saturated rings. The largest absolute Gasteiger partial charge is 0.465 e. The van der Waals surface area contributed by atoms with Crippen molar-refractivity contribution >= 4 is 11.9 Å². The molecule has 4 N–H and O–H groups in total. The van der Waals surface area contributed by atoms with Crippen molar-refractivity contribution in [2.75, 3.05) is 13.7 Å². The van der Waals surface area contributed by atoms with E-state index in [0.717, 1.165) is 0 Å².